The number of nitrogen functional groups attached to an aromatic ring is 1. The zero-order chi connectivity index (χ0) is 32.8. The summed E-state index contributed by atoms with van der Waals surface area (Å²) in [4.78, 5) is 51.1. The van der Waals surface area contributed by atoms with Gasteiger partial charge in [0.15, 0.2) is 16.6 Å². The number of carbonyl (C=O) groups is 3. The van der Waals surface area contributed by atoms with Crippen LogP contribution in [0, 0.1) is 5.92 Å². The van der Waals surface area contributed by atoms with Gasteiger partial charge >= 0.3 is 16.4 Å². The van der Waals surface area contributed by atoms with Crippen LogP contribution in [-0.2, 0) is 33.9 Å². The van der Waals surface area contributed by atoms with Gasteiger partial charge in [-0.3, -0.25) is 19.1 Å². The van der Waals surface area contributed by atoms with Crippen molar-refractivity contribution in [2.75, 3.05) is 25.4 Å². The second-order valence-corrected chi connectivity index (χ2v) is 11.8. The van der Waals surface area contributed by atoms with Crippen LogP contribution in [0.2, 0.25) is 0 Å². The minimum absolute atomic E-state index is 0.0421. The number of ketones is 1. The Morgan fingerprint density at radius 1 is 1.20 bits per heavy atom. The minimum Gasteiger partial charge on any atom is -0.489 e. The predicted molar refractivity (Wildman–Crippen MR) is 157 cm³/mol. The van der Waals surface area contributed by atoms with Crippen LogP contribution in [0.5, 0.6) is 5.75 Å². The number of rotatable bonds is 16. The molecule has 1 fully saturated rings. The van der Waals surface area contributed by atoms with Crippen molar-refractivity contribution in [1.82, 2.24) is 10.0 Å². The molecule has 1 aromatic carbocycles. The van der Waals surface area contributed by atoms with E-state index in [1.807, 2.05) is 0 Å². The molecule has 18 nitrogen and oxygen atoms in total. The molecule has 10 N–H and O–H groups in total. The molecule has 3 rings (SSSR count). The van der Waals surface area contributed by atoms with Gasteiger partial charge in [0, 0.05) is 30.5 Å². The minimum atomic E-state index is -4.99. The number of ether oxygens (including phenoxy) is 1. The molecule has 1 saturated heterocycles. The number of aromatic nitrogens is 1. The molecule has 240 valence electrons. The molecule has 1 aromatic heterocycles. The topological polar surface area (TPSA) is 298 Å². The number of carboxylic acid groups (broad SMARTS) is 1. The van der Waals surface area contributed by atoms with Gasteiger partial charge in [0.05, 0.1) is 17.5 Å². The Morgan fingerprint density at radius 3 is 2.34 bits per heavy atom. The number of aliphatic carboxylic acids is 1. The van der Waals surface area contributed by atoms with Crippen LogP contribution < -0.4 is 27.7 Å². The highest BCUT2D eigenvalue weighted by atomic mass is 32.3. The third kappa shape index (κ3) is 8.45. The number of nitrogens with zero attached hydrogens (tertiary/aromatic N) is 4. The van der Waals surface area contributed by atoms with Gasteiger partial charge in [0.25, 0.3) is 12.0 Å². The van der Waals surface area contributed by atoms with Crippen LogP contribution in [0.25, 0.3) is 0 Å². The number of carbonyl (C=O) groups excluding carboxylic acids is 2. The quantitative estimate of drug-likeness (QED) is 0.0411. The van der Waals surface area contributed by atoms with E-state index in [1.54, 1.807) is 12.1 Å². The van der Waals surface area contributed by atoms with Crippen molar-refractivity contribution >= 4 is 56.1 Å². The zero-order valence-electron chi connectivity index (χ0n) is 23.5. The average Bonchev–Trinajstić information content (AvgIpc) is 3.39. The number of β-lactam (4-membered cyclic amide) rings is 1. The normalized spacial score (nSPS) is 17.7. The standard InChI is InChI=1S/C24H32N8O10S2/c1-24(2)15(21(34)32(24)42-44(37,38)39)7-17(33)19(16-11-43-23(28)30-16)31-41-18(22(35)36)10-40-14-5-3-12(4-6-14)20(27)29-13(8-25)9-26/h3-6,11,13,15,18H,7-10,25-26H2,1-2H3,(H2,27,29)(H2,28,30)(H,35,36)(H,37,38,39)/b31-19-/t15-,18+/m1/s1. The number of Topliss-reactive ketones (excluding diaryl/α,β-unsaturated/α-hetero) is 1. The summed E-state index contributed by atoms with van der Waals surface area (Å²) in [5, 5.41) is 15.3. The predicted octanol–water partition coefficient (Wildman–Crippen LogP) is -1.10. The first-order valence-electron chi connectivity index (χ1n) is 12.8. The molecule has 2 heterocycles. The van der Waals surface area contributed by atoms with Gasteiger partial charge in [-0.15, -0.1) is 15.6 Å². The van der Waals surface area contributed by atoms with Gasteiger partial charge in [-0.05, 0) is 38.1 Å². The second-order valence-electron chi connectivity index (χ2n) is 9.89. The summed E-state index contributed by atoms with van der Waals surface area (Å²) in [6.45, 7) is 2.74. The van der Waals surface area contributed by atoms with Crippen LogP contribution in [0.1, 0.15) is 31.5 Å². The monoisotopic (exact) mass is 656 g/mol. The highest BCUT2D eigenvalue weighted by Gasteiger charge is 2.57. The summed E-state index contributed by atoms with van der Waals surface area (Å²) in [5.74, 6) is -3.76. The molecule has 20 heteroatoms. The number of carboxylic acids is 1. The summed E-state index contributed by atoms with van der Waals surface area (Å²) in [7, 11) is -4.99. The number of hydroxylamine groups is 2. The van der Waals surface area contributed by atoms with E-state index in [1.165, 1.54) is 31.4 Å². The number of oxime groups is 1. The Kier molecular flexibility index (Phi) is 10.9. The number of aliphatic imine (C=N–C) groups is 1. The fourth-order valence-corrected chi connectivity index (χ4v) is 4.92. The summed E-state index contributed by atoms with van der Waals surface area (Å²) < 4.78 is 40.9. The van der Waals surface area contributed by atoms with Crippen molar-refractivity contribution in [2.24, 2.45) is 33.3 Å². The van der Waals surface area contributed by atoms with Gasteiger partial charge in [-0.2, -0.15) is 13.5 Å². The van der Waals surface area contributed by atoms with E-state index in [-0.39, 0.29) is 41.5 Å². The second kappa shape index (κ2) is 14.1. The van der Waals surface area contributed by atoms with Crippen LogP contribution >= 0.6 is 11.3 Å². The van der Waals surface area contributed by atoms with E-state index in [0.29, 0.717) is 10.6 Å². The lowest BCUT2D eigenvalue weighted by Gasteiger charge is -2.50. The number of benzene rings is 1. The molecule has 0 unspecified atom stereocenters. The lowest BCUT2D eigenvalue weighted by molar-refractivity contribution is -0.228. The molecular weight excluding hydrogens is 624 g/mol. The molecule has 0 aliphatic carbocycles. The fourth-order valence-electron chi connectivity index (χ4n) is 3.92. The highest BCUT2D eigenvalue weighted by molar-refractivity contribution is 7.80. The lowest BCUT2D eigenvalue weighted by atomic mass is 9.74. The average molecular weight is 657 g/mol. The van der Waals surface area contributed by atoms with Crippen molar-refractivity contribution in [3.63, 3.8) is 0 Å². The smallest absolute Gasteiger partial charge is 0.418 e. The molecule has 1 aliphatic heterocycles. The van der Waals surface area contributed by atoms with Gasteiger partial charge in [0.1, 0.15) is 23.9 Å². The van der Waals surface area contributed by atoms with Crippen molar-refractivity contribution in [3.05, 3.63) is 40.9 Å². The molecule has 44 heavy (non-hydrogen) atoms. The summed E-state index contributed by atoms with van der Waals surface area (Å²) in [6.07, 6.45) is -2.20. The first-order valence-corrected chi connectivity index (χ1v) is 15.0. The number of hydrogen-bond donors (Lipinski definition) is 6. The molecule has 1 aliphatic rings. The van der Waals surface area contributed by atoms with Crippen LogP contribution in [0.3, 0.4) is 0 Å². The van der Waals surface area contributed by atoms with Crippen LogP contribution in [-0.4, -0.2) is 94.7 Å². The maximum absolute atomic E-state index is 13.3. The molecular formula is C24H32N8O10S2. The van der Waals surface area contributed by atoms with Crippen LogP contribution in [0.4, 0.5) is 5.13 Å². The molecule has 2 aromatic rings. The molecule has 0 spiro atoms. The molecule has 0 saturated carbocycles. The number of thiazole rings is 1. The highest BCUT2D eigenvalue weighted by Crippen LogP contribution is 2.40. The lowest BCUT2D eigenvalue weighted by Crippen LogP contribution is -2.68. The van der Waals surface area contributed by atoms with Crippen molar-refractivity contribution in [1.29, 1.82) is 0 Å². The number of hydrogen-bond acceptors (Lipinski definition) is 15. The zero-order valence-corrected chi connectivity index (χ0v) is 25.2. The fraction of sp³-hybridized carbons (Fsp3) is 0.417. The van der Waals surface area contributed by atoms with Crippen molar-refractivity contribution in [2.45, 2.75) is 38.0 Å². The summed E-state index contributed by atoms with van der Waals surface area (Å²) in [6, 6.07) is 5.91. The van der Waals surface area contributed by atoms with Crippen molar-refractivity contribution < 1.29 is 46.3 Å². The Labute approximate surface area is 255 Å². The van der Waals surface area contributed by atoms with E-state index in [4.69, 9.17) is 37.1 Å². The molecule has 0 radical (unpaired) electrons. The van der Waals surface area contributed by atoms with E-state index in [0.717, 1.165) is 11.3 Å². The Bertz CT molecular complexity index is 1540. The van der Waals surface area contributed by atoms with Gasteiger partial charge in [0.2, 0.25) is 0 Å². The number of amidine groups is 1. The Morgan fingerprint density at radius 2 is 1.84 bits per heavy atom. The molecule has 2 atom stereocenters. The molecule has 1 amide bonds. The van der Waals surface area contributed by atoms with E-state index in [2.05, 4.69) is 19.4 Å². The SMILES string of the molecule is CC1(C)[C@H](CC(=O)/C(=N\O[C@@H](COc2ccc(C(N)=NC(CN)CN)cc2)C(=O)O)c2csc(N)n2)C(=O)N1OS(=O)(=O)O. The number of amides is 1. The Balaban J connectivity index is 1.73. The first kappa shape index (κ1) is 34.3. The maximum atomic E-state index is 13.3. The number of nitrogens with two attached hydrogens (primary N) is 4. The number of anilines is 1. The van der Waals surface area contributed by atoms with Crippen molar-refractivity contribution in [3.8, 4) is 5.75 Å². The Hall–Kier alpha value is -4.21. The third-order valence-electron chi connectivity index (χ3n) is 6.43. The van der Waals surface area contributed by atoms with Crippen LogP contribution in [0.15, 0.2) is 39.8 Å². The maximum Gasteiger partial charge on any atom is 0.418 e. The summed E-state index contributed by atoms with van der Waals surface area (Å²) >= 11 is 0.970. The van der Waals surface area contributed by atoms with Gasteiger partial charge in [-0.1, -0.05) is 5.16 Å². The third-order valence-corrected chi connectivity index (χ3v) is 7.44. The van der Waals surface area contributed by atoms with Gasteiger partial charge in [-0.25, -0.2) is 9.78 Å². The first-order chi connectivity index (χ1) is 20.6. The van der Waals surface area contributed by atoms with E-state index in [9.17, 15) is 27.9 Å². The molecule has 0 bridgehead atoms. The summed E-state index contributed by atoms with van der Waals surface area (Å²) in [5.41, 5.74) is 21.6. The van der Waals surface area contributed by atoms with E-state index >= 15 is 0 Å². The largest absolute Gasteiger partial charge is 0.489 e. The van der Waals surface area contributed by atoms with Gasteiger partial charge < -0.3 is 37.6 Å². The van der Waals surface area contributed by atoms with E-state index < -0.39 is 64.4 Å².